The number of nitrogen functional groups attached to an aromatic ring is 1. The number of benzene rings is 2. The highest BCUT2D eigenvalue weighted by Gasteiger charge is 2.15. The van der Waals surface area contributed by atoms with E-state index < -0.39 is 10.1 Å². The van der Waals surface area contributed by atoms with Crippen LogP contribution in [0.15, 0.2) is 77.8 Å². The average Bonchev–Trinajstić information content (AvgIpc) is 3.08. The molecule has 0 radical (unpaired) electrons. The van der Waals surface area contributed by atoms with Gasteiger partial charge in [-0.1, -0.05) is 47.7 Å². The quantitative estimate of drug-likeness (QED) is 0.372. The third-order valence-corrected chi connectivity index (χ3v) is 5.62. The van der Waals surface area contributed by atoms with Crippen molar-refractivity contribution in [3.63, 3.8) is 0 Å². The predicted molar refractivity (Wildman–Crippen MR) is 116 cm³/mol. The summed E-state index contributed by atoms with van der Waals surface area (Å²) in [5.74, 6) is 0.929. The van der Waals surface area contributed by atoms with E-state index in [9.17, 15) is 13.0 Å². The zero-order valence-corrected chi connectivity index (χ0v) is 17.0. The summed E-state index contributed by atoms with van der Waals surface area (Å²) in [7, 11) is -4.30. The summed E-state index contributed by atoms with van der Waals surface area (Å²) in [6.07, 6.45) is 1.55. The van der Waals surface area contributed by atoms with Gasteiger partial charge in [0.2, 0.25) is 5.06 Å². The molecule has 0 aliphatic carbocycles. The Bertz CT molecular complexity index is 1290. The summed E-state index contributed by atoms with van der Waals surface area (Å²) in [6.45, 7) is 0. The molecule has 2 aromatic carbocycles. The highest BCUT2D eigenvalue weighted by atomic mass is 32.2. The van der Waals surface area contributed by atoms with E-state index in [1.165, 1.54) is 29.5 Å². The number of ether oxygens (including phenoxy) is 1. The molecule has 0 unspecified atom stereocenters. The molecule has 0 amide bonds. The van der Waals surface area contributed by atoms with E-state index in [1.54, 1.807) is 24.4 Å². The normalized spacial score (nSPS) is 11.2. The van der Waals surface area contributed by atoms with Gasteiger partial charge in [-0.15, -0.1) is 0 Å². The molecule has 0 atom stereocenters. The van der Waals surface area contributed by atoms with Gasteiger partial charge in [-0.2, -0.15) is 8.42 Å². The van der Waals surface area contributed by atoms with Crippen molar-refractivity contribution < 1.29 is 17.7 Å². The molecule has 30 heavy (non-hydrogen) atoms. The fraction of sp³-hybridized carbons (Fsp3) is 0. The minimum absolute atomic E-state index is 0.215. The summed E-state index contributed by atoms with van der Waals surface area (Å²) in [4.78, 5) is 8.36. The first-order valence-electron chi connectivity index (χ1n) is 8.69. The molecule has 0 spiro atoms. The summed E-state index contributed by atoms with van der Waals surface area (Å²) in [5.41, 5.74) is 7.86. The lowest BCUT2D eigenvalue weighted by atomic mass is 10.2. The fourth-order valence-electron chi connectivity index (χ4n) is 2.70. The second-order valence-corrected chi connectivity index (χ2v) is 8.58. The van der Waals surface area contributed by atoms with Crippen molar-refractivity contribution in [3.05, 3.63) is 72.9 Å². The molecule has 152 valence electrons. The number of hydrogen-bond donors (Lipinski definition) is 3. The zero-order valence-electron chi connectivity index (χ0n) is 15.4. The maximum absolute atomic E-state index is 11.3. The Morgan fingerprint density at radius 2 is 1.83 bits per heavy atom. The van der Waals surface area contributed by atoms with Crippen molar-refractivity contribution in [3.8, 4) is 22.1 Å². The molecule has 4 aromatic rings. The minimum Gasteiger partial charge on any atom is -0.444 e. The lowest BCUT2D eigenvalue weighted by Gasteiger charge is -2.09. The van der Waals surface area contributed by atoms with Crippen LogP contribution in [0.25, 0.3) is 11.3 Å². The summed E-state index contributed by atoms with van der Waals surface area (Å²) < 4.78 is 37.9. The molecule has 8 nitrogen and oxygen atoms in total. The standard InChI is InChI=1S/C20H16N4O4S2/c21-20-24-18(13-5-2-1-3-6-13)19(29-20)28-15-9-10-22-17(12-15)23-14-7-4-8-16(11-14)30(25,26)27/h1-12H,(H2,21,24)(H,22,23)(H,25,26,27). The van der Waals surface area contributed by atoms with Crippen LogP contribution >= 0.6 is 11.3 Å². The van der Waals surface area contributed by atoms with E-state index in [2.05, 4.69) is 15.3 Å². The van der Waals surface area contributed by atoms with Crippen LogP contribution in [0.4, 0.5) is 16.6 Å². The largest absolute Gasteiger partial charge is 0.444 e. The van der Waals surface area contributed by atoms with E-state index in [0.29, 0.717) is 33.1 Å². The molecule has 4 rings (SSSR count). The highest BCUT2D eigenvalue weighted by Crippen LogP contribution is 2.39. The highest BCUT2D eigenvalue weighted by molar-refractivity contribution is 7.85. The maximum atomic E-state index is 11.3. The van der Waals surface area contributed by atoms with Crippen molar-refractivity contribution >= 4 is 38.1 Å². The van der Waals surface area contributed by atoms with Crippen LogP contribution in [0.2, 0.25) is 0 Å². The van der Waals surface area contributed by atoms with Crippen LogP contribution in [0.3, 0.4) is 0 Å². The molecule has 2 aromatic heterocycles. The van der Waals surface area contributed by atoms with Gasteiger partial charge in [-0.25, -0.2) is 9.97 Å². The Balaban J connectivity index is 1.59. The van der Waals surface area contributed by atoms with Crippen molar-refractivity contribution in [2.75, 3.05) is 11.1 Å². The van der Waals surface area contributed by atoms with Crippen molar-refractivity contribution in [1.29, 1.82) is 0 Å². The summed E-state index contributed by atoms with van der Waals surface area (Å²) in [6, 6.07) is 18.7. The first-order valence-corrected chi connectivity index (χ1v) is 10.9. The van der Waals surface area contributed by atoms with Crippen LogP contribution in [0, 0.1) is 0 Å². The molecule has 0 saturated heterocycles. The Labute approximate surface area is 176 Å². The number of rotatable bonds is 6. The van der Waals surface area contributed by atoms with Gasteiger partial charge in [0.25, 0.3) is 10.1 Å². The molecular formula is C20H16N4O4S2. The van der Waals surface area contributed by atoms with Crippen LogP contribution in [0.1, 0.15) is 0 Å². The topological polar surface area (TPSA) is 127 Å². The molecule has 2 heterocycles. The minimum atomic E-state index is -4.30. The molecule has 0 aliphatic rings. The van der Waals surface area contributed by atoms with E-state index >= 15 is 0 Å². The number of hydrogen-bond acceptors (Lipinski definition) is 8. The van der Waals surface area contributed by atoms with Gasteiger partial charge >= 0.3 is 0 Å². The third-order valence-electron chi connectivity index (χ3n) is 4.01. The number of thiazole rings is 1. The fourth-order valence-corrected chi connectivity index (χ4v) is 3.95. The first-order chi connectivity index (χ1) is 14.4. The predicted octanol–water partition coefficient (Wildman–Crippen LogP) is 4.57. The number of nitrogens with two attached hydrogens (primary N) is 1. The molecule has 0 aliphatic heterocycles. The van der Waals surface area contributed by atoms with Crippen molar-refractivity contribution in [2.24, 2.45) is 0 Å². The molecule has 0 saturated carbocycles. The number of nitrogens with zero attached hydrogens (tertiary/aromatic N) is 2. The number of pyridine rings is 1. The van der Waals surface area contributed by atoms with Crippen LogP contribution in [-0.4, -0.2) is 22.9 Å². The van der Waals surface area contributed by atoms with E-state index in [0.717, 1.165) is 5.56 Å². The Morgan fingerprint density at radius 3 is 2.60 bits per heavy atom. The van der Waals surface area contributed by atoms with Gasteiger partial charge in [0, 0.05) is 23.5 Å². The van der Waals surface area contributed by atoms with Gasteiger partial charge < -0.3 is 15.8 Å². The molecule has 0 fully saturated rings. The van der Waals surface area contributed by atoms with Gasteiger partial charge in [-0.05, 0) is 24.3 Å². The summed E-state index contributed by atoms with van der Waals surface area (Å²) in [5, 5.41) is 3.92. The summed E-state index contributed by atoms with van der Waals surface area (Å²) >= 11 is 1.23. The number of aromatic nitrogens is 2. The van der Waals surface area contributed by atoms with E-state index in [4.69, 9.17) is 10.5 Å². The Morgan fingerprint density at radius 1 is 1.03 bits per heavy atom. The average molecular weight is 441 g/mol. The lowest BCUT2D eigenvalue weighted by Crippen LogP contribution is -2.00. The van der Waals surface area contributed by atoms with Crippen molar-refractivity contribution in [1.82, 2.24) is 9.97 Å². The second-order valence-electron chi connectivity index (χ2n) is 6.16. The van der Waals surface area contributed by atoms with Crippen molar-refractivity contribution in [2.45, 2.75) is 4.90 Å². The smallest absolute Gasteiger partial charge is 0.294 e. The molecule has 10 heteroatoms. The molecular weight excluding hydrogens is 424 g/mol. The zero-order chi connectivity index (χ0) is 21.1. The SMILES string of the molecule is Nc1nc(-c2ccccc2)c(Oc2ccnc(Nc3cccc(S(=O)(=O)O)c3)c2)s1. The monoisotopic (exact) mass is 440 g/mol. The number of anilines is 3. The lowest BCUT2D eigenvalue weighted by molar-refractivity contribution is 0.483. The van der Waals surface area contributed by atoms with E-state index in [1.807, 2.05) is 30.3 Å². The molecule has 4 N–H and O–H groups in total. The van der Waals surface area contributed by atoms with Gasteiger partial charge in [0.1, 0.15) is 17.3 Å². The maximum Gasteiger partial charge on any atom is 0.294 e. The van der Waals surface area contributed by atoms with Crippen LogP contribution in [0.5, 0.6) is 10.8 Å². The second kappa shape index (κ2) is 8.11. The van der Waals surface area contributed by atoms with Crippen LogP contribution < -0.4 is 15.8 Å². The van der Waals surface area contributed by atoms with Gasteiger partial charge in [-0.3, -0.25) is 4.55 Å². The van der Waals surface area contributed by atoms with Gasteiger partial charge in [0.15, 0.2) is 5.13 Å². The van der Waals surface area contributed by atoms with E-state index in [-0.39, 0.29) is 4.90 Å². The Kier molecular flexibility index (Phi) is 5.36. The third kappa shape index (κ3) is 4.57. The Hall–Kier alpha value is -3.47. The van der Waals surface area contributed by atoms with Gasteiger partial charge in [0.05, 0.1) is 4.90 Å². The number of nitrogens with one attached hydrogen (secondary N) is 1. The molecule has 0 bridgehead atoms. The van der Waals surface area contributed by atoms with Crippen LogP contribution in [-0.2, 0) is 10.1 Å². The first kappa shape index (κ1) is 19.8.